The van der Waals surface area contributed by atoms with Crippen LogP contribution in [0.5, 0.6) is 0 Å². The zero-order chi connectivity index (χ0) is 10.2. The van der Waals surface area contributed by atoms with Crippen molar-refractivity contribution in [2.24, 2.45) is 17.6 Å². The first kappa shape index (κ1) is 12.0. The van der Waals surface area contributed by atoms with Crippen LogP contribution in [0, 0.1) is 11.8 Å². The molecule has 0 amide bonds. The zero-order valence-corrected chi connectivity index (χ0v) is 9.60. The monoisotopic (exact) mass is 198 g/mol. The van der Waals surface area contributed by atoms with Crippen LogP contribution in [0.2, 0.25) is 0 Å². The summed E-state index contributed by atoms with van der Waals surface area (Å²) in [5, 5.41) is 3.46. The van der Waals surface area contributed by atoms with E-state index in [2.05, 4.69) is 12.2 Å². The van der Waals surface area contributed by atoms with Crippen molar-refractivity contribution in [1.29, 1.82) is 0 Å². The topological polar surface area (TPSA) is 38.0 Å². The highest BCUT2D eigenvalue weighted by Gasteiger charge is 2.17. The fourth-order valence-corrected chi connectivity index (χ4v) is 2.28. The Kier molecular flexibility index (Phi) is 6.20. The van der Waals surface area contributed by atoms with Crippen LogP contribution >= 0.6 is 0 Å². The average Bonchev–Trinajstić information content (AvgIpc) is 2.21. The van der Waals surface area contributed by atoms with Crippen LogP contribution in [-0.2, 0) is 0 Å². The minimum Gasteiger partial charge on any atom is -0.330 e. The third-order valence-electron chi connectivity index (χ3n) is 3.42. The molecule has 0 spiro atoms. The summed E-state index contributed by atoms with van der Waals surface area (Å²) in [6.07, 6.45) is 8.30. The molecule has 1 aliphatic rings. The molecule has 3 N–H and O–H groups in total. The fourth-order valence-electron chi connectivity index (χ4n) is 2.28. The molecular formula is C12H26N2. The molecule has 0 unspecified atom stereocenters. The third kappa shape index (κ3) is 4.97. The van der Waals surface area contributed by atoms with Gasteiger partial charge in [0.15, 0.2) is 0 Å². The normalized spacial score (nSPS) is 27.9. The van der Waals surface area contributed by atoms with Crippen molar-refractivity contribution in [3.05, 3.63) is 0 Å². The Bertz CT molecular complexity index is 128. The highest BCUT2D eigenvalue weighted by molar-refractivity contribution is 4.70. The van der Waals surface area contributed by atoms with Gasteiger partial charge in [0.25, 0.3) is 0 Å². The van der Waals surface area contributed by atoms with Gasteiger partial charge < -0.3 is 11.1 Å². The van der Waals surface area contributed by atoms with Gasteiger partial charge in [0.1, 0.15) is 0 Å². The maximum atomic E-state index is 5.43. The molecule has 0 bridgehead atoms. The number of hydrogen-bond acceptors (Lipinski definition) is 2. The predicted molar refractivity (Wildman–Crippen MR) is 62.3 cm³/mol. The van der Waals surface area contributed by atoms with Crippen molar-refractivity contribution in [3.63, 3.8) is 0 Å². The molecule has 1 saturated carbocycles. The SMILES string of the molecule is CC1CCC(CCNCCCN)CC1. The lowest BCUT2D eigenvalue weighted by atomic mass is 9.81. The van der Waals surface area contributed by atoms with Gasteiger partial charge >= 0.3 is 0 Å². The van der Waals surface area contributed by atoms with Gasteiger partial charge in [-0.1, -0.05) is 32.6 Å². The molecule has 0 atom stereocenters. The van der Waals surface area contributed by atoms with Crippen LogP contribution in [0.3, 0.4) is 0 Å². The molecule has 1 rings (SSSR count). The molecule has 0 radical (unpaired) electrons. The van der Waals surface area contributed by atoms with Gasteiger partial charge in [-0.2, -0.15) is 0 Å². The third-order valence-corrected chi connectivity index (χ3v) is 3.42. The molecule has 84 valence electrons. The van der Waals surface area contributed by atoms with Gasteiger partial charge in [0, 0.05) is 0 Å². The first-order valence-electron chi connectivity index (χ1n) is 6.23. The lowest BCUT2D eigenvalue weighted by Gasteiger charge is -2.26. The van der Waals surface area contributed by atoms with Gasteiger partial charge in [0.2, 0.25) is 0 Å². The number of nitrogens with one attached hydrogen (secondary N) is 1. The smallest absolute Gasteiger partial charge is 0.00369 e. The van der Waals surface area contributed by atoms with Crippen LogP contribution in [-0.4, -0.2) is 19.6 Å². The van der Waals surface area contributed by atoms with E-state index in [1.807, 2.05) is 0 Å². The van der Waals surface area contributed by atoms with E-state index in [9.17, 15) is 0 Å². The van der Waals surface area contributed by atoms with Gasteiger partial charge in [-0.3, -0.25) is 0 Å². The Hall–Kier alpha value is -0.0800. The fraction of sp³-hybridized carbons (Fsp3) is 1.00. The minimum absolute atomic E-state index is 0.813. The van der Waals surface area contributed by atoms with Crippen molar-refractivity contribution in [2.45, 2.75) is 45.4 Å². The molecule has 2 nitrogen and oxygen atoms in total. The van der Waals surface area contributed by atoms with Crippen LogP contribution < -0.4 is 11.1 Å². The quantitative estimate of drug-likeness (QED) is 0.642. The van der Waals surface area contributed by atoms with Crippen molar-refractivity contribution >= 4 is 0 Å². The van der Waals surface area contributed by atoms with E-state index in [1.165, 1.54) is 38.6 Å². The standard InChI is InChI=1S/C12H26N2/c1-11-3-5-12(6-4-11)7-10-14-9-2-8-13/h11-12,14H,2-10,13H2,1H3. The molecule has 0 heterocycles. The second kappa shape index (κ2) is 7.24. The summed E-state index contributed by atoms with van der Waals surface area (Å²) in [5.41, 5.74) is 5.43. The van der Waals surface area contributed by atoms with E-state index in [0.29, 0.717) is 0 Å². The van der Waals surface area contributed by atoms with Crippen LogP contribution in [0.1, 0.15) is 45.4 Å². The van der Waals surface area contributed by atoms with Gasteiger partial charge in [-0.05, 0) is 44.3 Å². The van der Waals surface area contributed by atoms with Crippen LogP contribution in [0.15, 0.2) is 0 Å². The highest BCUT2D eigenvalue weighted by atomic mass is 14.8. The molecule has 0 saturated heterocycles. The summed E-state index contributed by atoms with van der Waals surface area (Å²) in [6, 6.07) is 0. The first-order valence-corrected chi connectivity index (χ1v) is 6.23. The van der Waals surface area contributed by atoms with Crippen molar-refractivity contribution in [1.82, 2.24) is 5.32 Å². The first-order chi connectivity index (χ1) is 6.83. The molecule has 2 heteroatoms. The van der Waals surface area contributed by atoms with E-state index in [4.69, 9.17) is 5.73 Å². The Morgan fingerprint density at radius 2 is 1.86 bits per heavy atom. The summed E-state index contributed by atoms with van der Waals surface area (Å²) >= 11 is 0. The highest BCUT2D eigenvalue weighted by Crippen LogP contribution is 2.29. The summed E-state index contributed by atoms with van der Waals surface area (Å²) in [7, 11) is 0. The summed E-state index contributed by atoms with van der Waals surface area (Å²) in [6.45, 7) is 5.49. The molecule has 0 aromatic rings. The summed E-state index contributed by atoms with van der Waals surface area (Å²) in [4.78, 5) is 0. The summed E-state index contributed by atoms with van der Waals surface area (Å²) in [5.74, 6) is 1.98. The Morgan fingerprint density at radius 3 is 2.50 bits per heavy atom. The number of hydrogen-bond donors (Lipinski definition) is 2. The maximum Gasteiger partial charge on any atom is -0.00369 e. The Morgan fingerprint density at radius 1 is 1.14 bits per heavy atom. The number of nitrogens with two attached hydrogens (primary N) is 1. The van der Waals surface area contributed by atoms with Crippen molar-refractivity contribution in [3.8, 4) is 0 Å². The van der Waals surface area contributed by atoms with Crippen molar-refractivity contribution < 1.29 is 0 Å². The zero-order valence-electron chi connectivity index (χ0n) is 9.60. The van der Waals surface area contributed by atoms with E-state index in [1.54, 1.807) is 0 Å². The predicted octanol–water partition coefficient (Wildman–Crippen LogP) is 2.14. The molecule has 14 heavy (non-hydrogen) atoms. The summed E-state index contributed by atoms with van der Waals surface area (Å²) < 4.78 is 0. The van der Waals surface area contributed by atoms with Gasteiger partial charge in [0.05, 0.1) is 0 Å². The van der Waals surface area contributed by atoms with Crippen LogP contribution in [0.25, 0.3) is 0 Å². The van der Waals surface area contributed by atoms with E-state index >= 15 is 0 Å². The van der Waals surface area contributed by atoms with Gasteiger partial charge in [-0.15, -0.1) is 0 Å². The average molecular weight is 198 g/mol. The molecule has 0 aliphatic heterocycles. The Balaban J connectivity index is 1.91. The van der Waals surface area contributed by atoms with E-state index in [-0.39, 0.29) is 0 Å². The lowest BCUT2D eigenvalue weighted by Crippen LogP contribution is -2.23. The minimum atomic E-state index is 0.813. The maximum absolute atomic E-state index is 5.43. The lowest BCUT2D eigenvalue weighted by molar-refractivity contribution is 0.275. The molecular weight excluding hydrogens is 172 g/mol. The molecule has 0 aromatic carbocycles. The molecule has 1 aliphatic carbocycles. The Labute approximate surface area is 88.6 Å². The second-order valence-electron chi connectivity index (χ2n) is 4.81. The van der Waals surface area contributed by atoms with Gasteiger partial charge in [-0.25, -0.2) is 0 Å². The van der Waals surface area contributed by atoms with Crippen molar-refractivity contribution in [2.75, 3.05) is 19.6 Å². The number of rotatable bonds is 6. The van der Waals surface area contributed by atoms with E-state index < -0.39 is 0 Å². The molecule has 1 fully saturated rings. The van der Waals surface area contributed by atoms with E-state index in [0.717, 1.165) is 31.3 Å². The van der Waals surface area contributed by atoms with Crippen LogP contribution in [0.4, 0.5) is 0 Å². The molecule has 0 aromatic heterocycles. The largest absolute Gasteiger partial charge is 0.330 e. The second-order valence-corrected chi connectivity index (χ2v) is 4.81.